The molecule has 5 nitrogen and oxygen atoms in total. The number of para-hydroxylation sites is 1. The molecule has 0 fully saturated rings. The number of aromatic nitrogens is 4. The van der Waals surface area contributed by atoms with E-state index in [1.165, 1.54) is 38.6 Å². The number of imidazole rings is 1. The molecule has 0 saturated heterocycles. The van der Waals surface area contributed by atoms with E-state index in [-0.39, 0.29) is 11.3 Å². The second-order valence-electron chi connectivity index (χ2n) is 14.6. The molecular formula is C48H34N4O. The first-order chi connectivity index (χ1) is 26.1. The van der Waals surface area contributed by atoms with Crippen molar-refractivity contribution in [1.29, 1.82) is 0 Å². The zero-order chi connectivity index (χ0) is 35.3. The normalized spacial score (nSPS) is 14.9. The van der Waals surface area contributed by atoms with Crippen LogP contribution in [0, 0.1) is 0 Å². The van der Waals surface area contributed by atoms with Gasteiger partial charge in [0, 0.05) is 57.5 Å². The van der Waals surface area contributed by atoms with E-state index < -0.39 is 0 Å². The van der Waals surface area contributed by atoms with E-state index in [9.17, 15) is 0 Å². The van der Waals surface area contributed by atoms with Gasteiger partial charge in [0.15, 0.2) is 0 Å². The van der Waals surface area contributed by atoms with Crippen molar-refractivity contribution in [2.75, 3.05) is 0 Å². The number of ether oxygens (including phenoxy) is 1. The highest BCUT2D eigenvalue weighted by Gasteiger charge is 2.40. The lowest BCUT2D eigenvalue weighted by Crippen LogP contribution is -2.30. The minimum atomic E-state index is -0.238. The Bertz CT molecular complexity index is 3080. The molecule has 1 aliphatic rings. The summed E-state index contributed by atoms with van der Waals surface area (Å²) >= 11 is 0. The molecule has 5 heteroatoms. The molecule has 1 atom stereocenters. The molecule has 10 aromatic rings. The molecule has 6 aromatic carbocycles. The fourth-order valence-corrected chi connectivity index (χ4v) is 9.19. The molecule has 0 radical (unpaired) electrons. The van der Waals surface area contributed by atoms with Crippen molar-refractivity contribution in [3.05, 3.63) is 192 Å². The van der Waals surface area contributed by atoms with E-state index in [0.717, 1.165) is 55.7 Å². The standard InChI is InChI=1S/C48H34N4O/c1-48(2)40-19-8-6-17-36(40)43(30-12-4-3-5-13-30)37-23-24-42-44(45(37)48)38-18-11-25-49-47(38)52(42)31-14-10-15-32(28-31)53-33-21-22-34-35-16-7-9-20-41(35)51-27-26-50-46(51)39(34)29-33/h3-29,43H,1-2H3. The van der Waals surface area contributed by atoms with Gasteiger partial charge in [0.1, 0.15) is 22.8 Å². The summed E-state index contributed by atoms with van der Waals surface area (Å²) in [5.74, 6) is 1.65. The van der Waals surface area contributed by atoms with Gasteiger partial charge in [-0.3, -0.25) is 8.97 Å². The van der Waals surface area contributed by atoms with Crippen molar-refractivity contribution in [2.24, 2.45) is 0 Å². The zero-order valence-electron chi connectivity index (χ0n) is 29.4. The van der Waals surface area contributed by atoms with Gasteiger partial charge in [-0.1, -0.05) is 98.8 Å². The van der Waals surface area contributed by atoms with Gasteiger partial charge in [0.05, 0.1) is 16.7 Å². The highest BCUT2D eigenvalue weighted by Crippen LogP contribution is 2.53. The molecule has 53 heavy (non-hydrogen) atoms. The van der Waals surface area contributed by atoms with Gasteiger partial charge in [-0.05, 0) is 87.8 Å². The molecule has 4 aromatic heterocycles. The summed E-state index contributed by atoms with van der Waals surface area (Å²) in [6.07, 6.45) is 5.77. The minimum Gasteiger partial charge on any atom is -0.457 e. The summed E-state index contributed by atoms with van der Waals surface area (Å²) in [6.45, 7) is 4.76. The molecule has 252 valence electrons. The number of benzene rings is 6. The molecule has 1 aliphatic carbocycles. The fourth-order valence-electron chi connectivity index (χ4n) is 9.19. The first kappa shape index (κ1) is 30.0. The van der Waals surface area contributed by atoms with Crippen molar-refractivity contribution in [1.82, 2.24) is 18.9 Å². The van der Waals surface area contributed by atoms with Crippen molar-refractivity contribution in [2.45, 2.75) is 25.2 Å². The number of fused-ring (bicyclic) bond motifs is 12. The average Bonchev–Trinajstić information content (AvgIpc) is 3.83. The Morgan fingerprint density at radius 1 is 0.566 bits per heavy atom. The summed E-state index contributed by atoms with van der Waals surface area (Å²) in [6, 6.07) is 52.0. The SMILES string of the molecule is CC1(C)c2ccccc2C(c2ccccc2)c2ccc3c(c21)c1cccnc1n3-c1cccc(Oc2ccc3c4ccccc4n4ccnc4c3c2)c1. The third-order valence-corrected chi connectivity index (χ3v) is 11.4. The van der Waals surface area contributed by atoms with E-state index in [2.05, 4.69) is 162 Å². The molecule has 1 unspecified atom stereocenters. The van der Waals surface area contributed by atoms with Crippen molar-refractivity contribution in [3.8, 4) is 17.2 Å². The van der Waals surface area contributed by atoms with E-state index in [1.54, 1.807) is 0 Å². The smallest absolute Gasteiger partial charge is 0.145 e. The Labute approximate surface area is 306 Å². The van der Waals surface area contributed by atoms with Crippen molar-refractivity contribution >= 4 is 49.3 Å². The summed E-state index contributed by atoms with van der Waals surface area (Å²) < 4.78 is 11.1. The largest absolute Gasteiger partial charge is 0.457 e. The van der Waals surface area contributed by atoms with Crippen LogP contribution in [0.4, 0.5) is 0 Å². The molecule has 0 saturated carbocycles. The Balaban J connectivity index is 1.08. The first-order valence-corrected chi connectivity index (χ1v) is 18.2. The van der Waals surface area contributed by atoms with Crippen LogP contribution in [0.5, 0.6) is 11.5 Å². The van der Waals surface area contributed by atoms with Crippen LogP contribution in [0.1, 0.15) is 47.6 Å². The summed E-state index contributed by atoms with van der Waals surface area (Å²) in [5.41, 5.74) is 11.6. The Morgan fingerprint density at radius 2 is 1.36 bits per heavy atom. The number of rotatable bonds is 4. The van der Waals surface area contributed by atoms with Gasteiger partial charge in [0.25, 0.3) is 0 Å². The Morgan fingerprint density at radius 3 is 2.28 bits per heavy atom. The van der Waals surface area contributed by atoms with Crippen LogP contribution in [0.25, 0.3) is 54.9 Å². The predicted octanol–water partition coefficient (Wildman–Crippen LogP) is 11.7. The quantitative estimate of drug-likeness (QED) is 0.174. The van der Waals surface area contributed by atoms with E-state index in [4.69, 9.17) is 14.7 Å². The summed E-state index contributed by atoms with van der Waals surface area (Å²) in [5, 5.41) is 5.79. The van der Waals surface area contributed by atoms with Gasteiger partial charge < -0.3 is 4.74 Å². The Kier molecular flexibility index (Phi) is 6.30. The van der Waals surface area contributed by atoms with Gasteiger partial charge in [0.2, 0.25) is 0 Å². The number of nitrogens with zero attached hydrogens (tertiary/aromatic N) is 4. The number of pyridine rings is 2. The minimum absolute atomic E-state index is 0.134. The van der Waals surface area contributed by atoms with Crippen molar-refractivity contribution in [3.63, 3.8) is 0 Å². The monoisotopic (exact) mass is 682 g/mol. The molecule has 11 rings (SSSR count). The third-order valence-electron chi connectivity index (χ3n) is 11.4. The molecule has 0 aliphatic heterocycles. The molecule has 0 spiro atoms. The van der Waals surface area contributed by atoms with Gasteiger partial charge in [-0.2, -0.15) is 0 Å². The summed E-state index contributed by atoms with van der Waals surface area (Å²) in [7, 11) is 0. The second kappa shape index (κ2) is 11.1. The predicted molar refractivity (Wildman–Crippen MR) is 215 cm³/mol. The van der Waals surface area contributed by atoms with Gasteiger partial charge in [-0.25, -0.2) is 9.97 Å². The summed E-state index contributed by atoms with van der Waals surface area (Å²) in [4.78, 5) is 9.75. The van der Waals surface area contributed by atoms with Gasteiger partial charge >= 0.3 is 0 Å². The number of hydrogen-bond donors (Lipinski definition) is 0. The molecule has 0 N–H and O–H groups in total. The topological polar surface area (TPSA) is 44.4 Å². The lowest BCUT2D eigenvalue weighted by molar-refractivity contribution is 0.483. The van der Waals surface area contributed by atoms with Crippen LogP contribution in [-0.2, 0) is 5.41 Å². The lowest BCUT2D eigenvalue weighted by atomic mass is 9.63. The first-order valence-electron chi connectivity index (χ1n) is 18.2. The maximum Gasteiger partial charge on any atom is 0.145 e. The highest BCUT2D eigenvalue weighted by atomic mass is 16.5. The average molecular weight is 683 g/mol. The molecule has 4 heterocycles. The fraction of sp³-hybridized carbons (Fsp3) is 0.0833. The third kappa shape index (κ3) is 4.31. The van der Waals surface area contributed by atoms with Gasteiger partial charge in [-0.15, -0.1) is 0 Å². The highest BCUT2D eigenvalue weighted by molar-refractivity contribution is 6.12. The van der Waals surface area contributed by atoms with Crippen LogP contribution in [0.15, 0.2) is 164 Å². The number of hydrogen-bond acceptors (Lipinski definition) is 3. The van der Waals surface area contributed by atoms with Crippen LogP contribution >= 0.6 is 0 Å². The second-order valence-corrected chi connectivity index (χ2v) is 14.6. The zero-order valence-corrected chi connectivity index (χ0v) is 29.4. The van der Waals surface area contributed by atoms with E-state index >= 15 is 0 Å². The van der Waals surface area contributed by atoms with Crippen molar-refractivity contribution < 1.29 is 4.74 Å². The maximum atomic E-state index is 6.64. The van der Waals surface area contributed by atoms with Crippen LogP contribution < -0.4 is 4.74 Å². The molecule has 0 amide bonds. The Hall–Kier alpha value is -6.72. The lowest BCUT2D eigenvalue weighted by Gasteiger charge is -2.40. The van der Waals surface area contributed by atoms with Crippen LogP contribution in [0.2, 0.25) is 0 Å². The molecular weight excluding hydrogens is 649 g/mol. The van der Waals surface area contributed by atoms with E-state index in [1.807, 2.05) is 24.7 Å². The van der Waals surface area contributed by atoms with E-state index in [0.29, 0.717) is 0 Å². The van der Waals surface area contributed by atoms with Crippen LogP contribution in [0.3, 0.4) is 0 Å². The van der Waals surface area contributed by atoms with Crippen LogP contribution in [-0.4, -0.2) is 18.9 Å². The maximum absolute atomic E-state index is 6.64. The molecule has 0 bridgehead atoms.